The maximum Gasteiger partial charge on any atom is 0.252 e. The van der Waals surface area contributed by atoms with E-state index in [0.717, 1.165) is 0 Å². The van der Waals surface area contributed by atoms with E-state index in [0.29, 0.717) is 0 Å². The standard InChI is InChI=1S/C46H29BN2/c1-5-18-34-30(12-1)16-9-22-40(34)48-42-24-11-25-43-44(42)47(38-28-26-32-14-3-7-20-36(32)45(38)48)39-29-27-33-15-4-8-21-37(33)46(39)49(43)41-23-10-17-31-13-2-6-19-35(31)41/h1-29H. The molecule has 226 valence electrons. The van der Waals surface area contributed by atoms with Crippen LogP contribution >= 0.6 is 0 Å². The summed E-state index contributed by atoms with van der Waals surface area (Å²) in [5.74, 6) is 0. The summed E-state index contributed by atoms with van der Waals surface area (Å²) in [7, 11) is 0. The molecule has 3 heteroatoms. The molecule has 0 saturated carbocycles. The Bertz CT molecular complexity index is 2620. The molecule has 0 fully saturated rings. The number of hydrogen-bond acceptors (Lipinski definition) is 2. The van der Waals surface area contributed by atoms with Gasteiger partial charge in [-0.1, -0.05) is 152 Å². The molecule has 0 bridgehead atoms. The van der Waals surface area contributed by atoms with Crippen molar-refractivity contribution < 1.29 is 0 Å². The second-order valence-electron chi connectivity index (χ2n) is 13.3. The fraction of sp³-hybridized carbons (Fsp3) is 0. The van der Waals surface area contributed by atoms with Crippen LogP contribution in [0.2, 0.25) is 0 Å². The van der Waals surface area contributed by atoms with Gasteiger partial charge in [0.1, 0.15) is 0 Å². The van der Waals surface area contributed by atoms with E-state index >= 15 is 0 Å². The molecule has 0 atom stereocenters. The van der Waals surface area contributed by atoms with E-state index in [-0.39, 0.29) is 6.71 Å². The van der Waals surface area contributed by atoms with Crippen LogP contribution in [0, 0.1) is 0 Å². The van der Waals surface area contributed by atoms with Crippen molar-refractivity contribution in [2.24, 2.45) is 0 Å². The quantitative estimate of drug-likeness (QED) is 0.178. The smallest absolute Gasteiger partial charge is 0.252 e. The predicted octanol–water partition coefficient (Wildman–Crippen LogP) is 10.4. The largest absolute Gasteiger partial charge is 0.310 e. The van der Waals surface area contributed by atoms with Crippen LogP contribution in [0.4, 0.5) is 34.1 Å². The number of rotatable bonds is 2. The maximum atomic E-state index is 2.56. The van der Waals surface area contributed by atoms with E-state index in [1.165, 1.54) is 93.6 Å². The molecule has 2 aliphatic rings. The molecule has 2 aliphatic heterocycles. The average molecular weight is 621 g/mol. The summed E-state index contributed by atoms with van der Waals surface area (Å²) in [4.78, 5) is 5.12. The first-order chi connectivity index (χ1) is 24.3. The van der Waals surface area contributed by atoms with Gasteiger partial charge in [0.25, 0.3) is 6.71 Å². The van der Waals surface area contributed by atoms with Crippen molar-refractivity contribution in [3.63, 3.8) is 0 Å². The van der Waals surface area contributed by atoms with Crippen LogP contribution in [-0.2, 0) is 0 Å². The van der Waals surface area contributed by atoms with Gasteiger partial charge in [0.15, 0.2) is 0 Å². The van der Waals surface area contributed by atoms with Gasteiger partial charge in [-0.2, -0.15) is 0 Å². The highest BCUT2D eigenvalue weighted by atomic mass is 15.2. The summed E-state index contributed by atoms with van der Waals surface area (Å²) in [5, 5.41) is 9.99. The number of anilines is 6. The normalized spacial score (nSPS) is 13.2. The highest BCUT2D eigenvalue weighted by Crippen LogP contribution is 2.49. The Morgan fingerprint density at radius 1 is 0.286 bits per heavy atom. The summed E-state index contributed by atoms with van der Waals surface area (Å²) in [6, 6.07) is 65.1. The molecule has 2 nitrogen and oxygen atoms in total. The maximum absolute atomic E-state index is 2.56. The highest BCUT2D eigenvalue weighted by Gasteiger charge is 2.44. The van der Waals surface area contributed by atoms with Gasteiger partial charge in [-0.05, 0) is 62.2 Å². The number of benzene rings is 9. The summed E-state index contributed by atoms with van der Waals surface area (Å²) < 4.78 is 0. The van der Waals surface area contributed by atoms with Gasteiger partial charge < -0.3 is 9.80 Å². The first-order valence-electron chi connectivity index (χ1n) is 17.1. The van der Waals surface area contributed by atoms with E-state index in [1.807, 2.05) is 0 Å². The molecular weight excluding hydrogens is 591 g/mol. The summed E-state index contributed by atoms with van der Waals surface area (Å²) in [6.45, 7) is 0.0582. The Morgan fingerprint density at radius 2 is 0.633 bits per heavy atom. The predicted molar refractivity (Wildman–Crippen MR) is 210 cm³/mol. The molecule has 49 heavy (non-hydrogen) atoms. The van der Waals surface area contributed by atoms with E-state index < -0.39 is 0 Å². The monoisotopic (exact) mass is 620 g/mol. The molecule has 0 N–H and O–H groups in total. The van der Waals surface area contributed by atoms with Gasteiger partial charge in [0.05, 0.1) is 11.4 Å². The Hall–Kier alpha value is -6.32. The first kappa shape index (κ1) is 26.7. The van der Waals surface area contributed by atoms with Crippen molar-refractivity contribution in [3.05, 3.63) is 176 Å². The number of nitrogens with zero attached hydrogens (tertiary/aromatic N) is 2. The Kier molecular flexibility index (Phi) is 5.50. The molecule has 9 aromatic rings. The van der Waals surface area contributed by atoms with Crippen molar-refractivity contribution in [1.82, 2.24) is 0 Å². The number of fused-ring (bicyclic) bond motifs is 10. The zero-order valence-corrected chi connectivity index (χ0v) is 26.7. The first-order valence-corrected chi connectivity index (χ1v) is 17.1. The van der Waals surface area contributed by atoms with Crippen LogP contribution < -0.4 is 26.2 Å². The van der Waals surface area contributed by atoms with Crippen molar-refractivity contribution >= 4 is 100 Å². The minimum Gasteiger partial charge on any atom is -0.310 e. The molecule has 0 aromatic heterocycles. The molecule has 11 rings (SSSR count). The Labute approximate surface area is 285 Å². The Balaban J connectivity index is 1.32. The van der Waals surface area contributed by atoms with Crippen LogP contribution in [-0.4, -0.2) is 6.71 Å². The molecule has 0 radical (unpaired) electrons. The van der Waals surface area contributed by atoms with Gasteiger partial charge in [-0.15, -0.1) is 0 Å². The minimum atomic E-state index is 0.0582. The lowest BCUT2D eigenvalue weighted by Gasteiger charge is -2.45. The fourth-order valence-corrected chi connectivity index (χ4v) is 8.76. The topological polar surface area (TPSA) is 6.48 Å². The van der Waals surface area contributed by atoms with E-state index in [4.69, 9.17) is 0 Å². The second-order valence-corrected chi connectivity index (χ2v) is 13.3. The summed E-state index contributed by atoms with van der Waals surface area (Å²) >= 11 is 0. The van der Waals surface area contributed by atoms with Crippen LogP contribution in [0.3, 0.4) is 0 Å². The minimum absolute atomic E-state index is 0.0582. The van der Waals surface area contributed by atoms with E-state index in [1.54, 1.807) is 0 Å². The zero-order valence-electron chi connectivity index (χ0n) is 26.7. The van der Waals surface area contributed by atoms with Crippen molar-refractivity contribution in [1.29, 1.82) is 0 Å². The van der Waals surface area contributed by atoms with Gasteiger partial charge in [0, 0.05) is 44.3 Å². The second kappa shape index (κ2) is 10.1. The molecular formula is C46H29BN2. The van der Waals surface area contributed by atoms with Crippen molar-refractivity contribution in [2.75, 3.05) is 9.80 Å². The third kappa shape index (κ3) is 3.67. The number of hydrogen-bond donors (Lipinski definition) is 0. The lowest BCUT2D eigenvalue weighted by molar-refractivity contribution is 1.28. The van der Waals surface area contributed by atoms with Gasteiger partial charge in [0.2, 0.25) is 0 Å². The lowest BCUT2D eigenvalue weighted by atomic mass is 9.33. The molecule has 2 heterocycles. The molecule has 0 unspecified atom stereocenters. The SMILES string of the molecule is c1cc2c3c(c1)N(c1cccc4ccccc14)c1c(ccc4ccccc14)B3c1ccc3ccccc3c1N2c1cccc2ccccc12. The van der Waals surface area contributed by atoms with Gasteiger partial charge >= 0.3 is 0 Å². The Morgan fingerprint density at radius 3 is 1.10 bits per heavy atom. The molecule has 0 spiro atoms. The van der Waals surface area contributed by atoms with Crippen LogP contribution in [0.25, 0.3) is 43.1 Å². The van der Waals surface area contributed by atoms with Crippen LogP contribution in [0.15, 0.2) is 176 Å². The zero-order chi connectivity index (χ0) is 32.1. The summed E-state index contributed by atoms with van der Waals surface area (Å²) in [5.41, 5.74) is 11.4. The highest BCUT2D eigenvalue weighted by molar-refractivity contribution is 7.00. The van der Waals surface area contributed by atoms with Crippen LogP contribution in [0.1, 0.15) is 0 Å². The van der Waals surface area contributed by atoms with E-state index in [9.17, 15) is 0 Å². The molecule has 0 amide bonds. The van der Waals surface area contributed by atoms with Crippen molar-refractivity contribution in [3.8, 4) is 0 Å². The van der Waals surface area contributed by atoms with Gasteiger partial charge in [-0.25, -0.2) is 0 Å². The van der Waals surface area contributed by atoms with Crippen LogP contribution in [0.5, 0.6) is 0 Å². The molecule has 9 aromatic carbocycles. The summed E-state index contributed by atoms with van der Waals surface area (Å²) in [6.07, 6.45) is 0. The van der Waals surface area contributed by atoms with Gasteiger partial charge in [-0.3, -0.25) is 0 Å². The lowest BCUT2D eigenvalue weighted by Crippen LogP contribution is -2.61. The third-order valence-electron chi connectivity index (χ3n) is 10.8. The average Bonchev–Trinajstić information content (AvgIpc) is 3.17. The molecule has 0 aliphatic carbocycles. The van der Waals surface area contributed by atoms with E-state index in [2.05, 4.69) is 186 Å². The van der Waals surface area contributed by atoms with Crippen molar-refractivity contribution in [2.45, 2.75) is 0 Å². The third-order valence-corrected chi connectivity index (χ3v) is 10.8. The fourth-order valence-electron chi connectivity index (χ4n) is 8.76. The molecule has 0 saturated heterocycles.